The Kier molecular flexibility index (Phi) is 1.91. The van der Waals surface area contributed by atoms with E-state index in [1.165, 1.54) is 12.8 Å². The van der Waals surface area contributed by atoms with E-state index in [4.69, 9.17) is 11.6 Å². The number of halogens is 1. The van der Waals surface area contributed by atoms with Crippen molar-refractivity contribution in [3.8, 4) is 0 Å². The van der Waals surface area contributed by atoms with Crippen LogP contribution in [0.25, 0.3) is 0 Å². The number of hydrogen-bond acceptors (Lipinski definition) is 3. The Balaban J connectivity index is 2.20. The van der Waals surface area contributed by atoms with Gasteiger partial charge in [0.1, 0.15) is 16.8 Å². The van der Waals surface area contributed by atoms with E-state index in [-0.39, 0.29) is 5.54 Å². The lowest BCUT2D eigenvalue weighted by atomic mass is 10.3. The van der Waals surface area contributed by atoms with E-state index in [2.05, 4.69) is 22.2 Å². The highest BCUT2D eigenvalue weighted by Crippen LogP contribution is 2.37. The minimum Gasteiger partial charge on any atom is -0.365 e. The Bertz CT molecular complexity index is 313. The fourth-order valence-electron chi connectivity index (χ4n) is 1.22. The van der Waals surface area contributed by atoms with Crippen molar-refractivity contribution in [3.63, 3.8) is 0 Å². The molecule has 2 rings (SSSR count). The second-order valence-corrected chi connectivity index (χ2v) is 4.20. The van der Waals surface area contributed by atoms with Crippen LogP contribution < -0.4 is 5.32 Å². The molecule has 1 aliphatic carbocycles. The standard InChI is InChI=1S/C9H12ClN3/c1-6-11-7(10)5-8(12-6)13-9(2)3-4-9/h5H,3-4H2,1-2H3,(H,11,12,13). The Labute approximate surface area is 82.5 Å². The van der Waals surface area contributed by atoms with Gasteiger partial charge in [-0.3, -0.25) is 0 Å². The molecule has 13 heavy (non-hydrogen) atoms. The molecule has 70 valence electrons. The molecule has 3 nitrogen and oxygen atoms in total. The Morgan fingerprint density at radius 2 is 2.15 bits per heavy atom. The normalized spacial score (nSPS) is 18.4. The van der Waals surface area contributed by atoms with E-state index in [9.17, 15) is 0 Å². The lowest BCUT2D eigenvalue weighted by molar-refractivity contribution is 0.816. The van der Waals surface area contributed by atoms with Gasteiger partial charge in [-0.25, -0.2) is 9.97 Å². The Hall–Kier alpha value is -0.830. The number of hydrogen-bond donors (Lipinski definition) is 1. The van der Waals surface area contributed by atoms with Gasteiger partial charge in [0.15, 0.2) is 0 Å². The maximum Gasteiger partial charge on any atom is 0.134 e. The molecule has 0 bridgehead atoms. The summed E-state index contributed by atoms with van der Waals surface area (Å²) >= 11 is 5.81. The molecule has 0 unspecified atom stereocenters. The topological polar surface area (TPSA) is 37.8 Å². The van der Waals surface area contributed by atoms with Crippen molar-refractivity contribution in [2.24, 2.45) is 0 Å². The molecule has 0 saturated heterocycles. The molecular weight excluding hydrogens is 186 g/mol. The molecule has 1 saturated carbocycles. The zero-order valence-corrected chi connectivity index (χ0v) is 8.52. The van der Waals surface area contributed by atoms with Crippen LogP contribution in [0.2, 0.25) is 5.15 Å². The number of nitrogens with one attached hydrogen (secondary N) is 1. The first-order valence-corrected chi connectivity index (χ1v) is 4.75. The summed E-state index contributed by atoms with van der Waals surface area (Å²) in [7, 11) is 0. The monoisotopic (exact) mass is 197 g/mol. The van der Waals surface area contributed by atoms with Gasteiger partial charge in [0.05, 0.1) is 0 Å². The molecule has 0 aromatic carbocycles. The highest BCUT2D eigenvalue weighted by atomic mass is 35.5. The fraction of sp³-hybridized carbons (Fsp3) is 0.556. The molecule has 1 fully saturated rings. The highest BCUT2D eigenvalue weighted by molar-refractivity contribution is 6.29. The van der Waals surface area contributed by atoms with Crippen molar-refractivity contribution in [2.45, 2.75) is 32.2 Å². The molecule has 0 aliphatic heterocycles. The summed E-state index contributed by atoms with van der Waals surface area (Å²) in [6.07, 6.45) is 2.40. The molecule has 1 aromatic rings. The quantitative estimate of drug-likeness (QED) is 0.740. The van der Waals surface area contributed by atoms with Crippen LogP contribution in [0.5, 0.6) is 0 Å². The first kappa shape index (κ1) is 8.75. The van der Waals surface area contributed by atoms with Gasteiger partial charge in [-0.1, -0.05) is 11.6 Å². The van der Waals surface area contributed by atoms with E-state index >= 15 is 0 Å². The van der Waals surface area contributed by atoms with E-state index in [0.717, 1.165) is 5.82 Å². The predicted octanol–water partition coefficient (Wildman–Crippen LogP) is 2.40. The van der Waals surface area contributed by atoms with E-state index in [1.54, 1.807) is 6.07 Å². The summed E-state index contributed by atoms with van der Waals surface area (Å²) in [5.74, 6) is 1.54. The second kappa shape index (κ2) is 2.84. The number of anilines is 1. The third-order valence-corrected chi connectivity index (χ3v) is 2.43. The maximum atomic E-state index is 5.81. The molecular formula is C9H12ClN3. The van der Waals surface area contributed by atoms with Gasteiger partial charge in [0.2, 0.25) is 0 Å². The fourth-order valence-corrected chi connectivity index (χ4v) is 1.44. The summed E-state index contributed by atoms with van der Waals surface area (Å²) in [5, 5.41) is 3.84. The van der Waals surface area contributed by atoms with Gasteiger partial charge < -0.3 is 5.32 Å². The van der Waals surface area contributed by atoms with Gasteiger partial charge >= 0.3 is 0 Å². The summed E-state index contributed by atoms with van der Waals surface area (Å²) in [6, 6.07) is 1.76. The molecule has 1 aromatic heterocycles. The van der Waals surface area contributed by atoms with Crippen molar-refractivity contribution >= 4 is 17.4 Å². The maximum absolute atomic E-state index is 5.81. The van der Waals surface area contributed by atoms with Crippen LogP contribution in [0.1, 0.15) is 25.6 Å². The summed E-state index contributed by atoms with van der Waals surface area (Å²) in [6.45, 7) is 4.02. The Morgan fingerprint density at radius 3 is 2.69 bits per heavy atom. The predicted molar refractivity (Wildman–Crippen MR) is 53.0 cm³/mol. The number of aryl methyl sites for hydroxylation is 1. The minimum atomic E-state index is 0.240. The molecule has 0 amide bonds. The average molecular weight is 198 g/mol. The third kappa shape index (κ3) is 2.10. The van der Waals surface area contributed by atoms with Gasteiger partial charge in [-0.15, -0.1) is 0 Å². The average Bonchev–Trinajstić information content (AvgIpc) is 2.64. The summed E-state index contributed by atoms with van der Waals surface area (Å²) in [5.41, 5.74) is 0.240. The summed E-state index contributed by atoms with van der Waals surface area (Å²) in [4.78, 5) is 8.25. The molecule has 0 atom stereocenters. The first-order chi connectivity index (χ1) is 6.07. The Morgan fingerprint density at radius 1 is 1.46 bits per heavy atom. The third-order valence-electron chi connectivity index (χ3n) is 2.24. The van der Waals surface area contributed by atoms with Gasteiger partial charge in [-0.2, -0.15) is 0 Å². The van der Waals surface area contributed by atoms with Gasteiger partial charge in [0, 0.05) is 11.6 Å². The van der Waals surface area contributed by atoms with Crippen molar-refractivity contribution in [1.82, 2.24) is 9.97 Å². The number of rotatable bonds is 2. The molecule has 4 heteroatoms. The van der Waals surface area contributed by atoms with Crippen molar-refractivity contribution in [2.75, 3.05) is 5.32 Å². The zero-order valence-electron chi connectivity index (χ0n) is 7.76. The smallest absolute Gasteiger partial charge is 0.134 e. The number of aromatic nitrogens is 2. The molecule has 1 N–H and O–H groups in total. The summed E-state index contributed by atoms with van der Waals surface area (Å²) < 4.78 is 0. The molecule has 0 spiro atoms. The highest BCUT2D eigenvalue weighted by Gasteiger charge is 2.37. The van der Waals surface area contributed by atoms with E-state index in [1.807, 2.05) is 6.92 Å². The van der Waals surface area contributed by atoms with Crippen molar-refractivity contribution in [1.29, 1.82) is 0 Å². The SMILES string of the molecule is Cc1nc(Cl)cc(NC2(C)CC2)n1. The van der Waals surface area contributed by atoms with Gasteiger partial charge in [-0.05, 0) is 26.7 Å². The van der Waals surface area contributed by atoms with Crippen LogP contribution in [-0.2, 0) is 0 Å². The first-order valence-electron chi connectivity index (χ1n) is 4.37. The molecule has 1 aliphatic rings. The van der Waals surface area contributed by atoms with Crippen LogP contribution in [-0.4, -0.2) is 15.5 Å². The van der Waals surface area contributed by atoms with E-state index in [0.29, 0.717) is 11.0 Å². The van der Waals surface area contributed by atoms with E-state index < -0.39 is 0 Å². The van der Waals surface area contributed by atoms with Crippen molar-refractivity contribution < 1.29 is 0 Å². The number of nitrogens with zero attached hydrogens (tertiary/aromatic N) is 2. The van der Waals surface area contributed by atoms with Crippen LogP contribution in [0.3, 0.4) is 0 Å². The molecule has 0 radical (unpaired) electrons. The van der Waals surface area contributed by atoms with Crippen LogP contribution in [0.15, 0.2) is 6.07 Å². The lowest BCUT2D eigenvalue weighted by Crippen LogP contribution is -2.17. The largest absolute Gasteiger partial charge is 0.365 e. The second-order valence-electron chi connectivity index (χ2n) is 3.81. The van der Waals surface area contributed by atoms with Crippen molar-refractivity contribution in [3.05, 3.63) is 17.0 Å². The van der Waals surface area contributed by atoms with Crippen LogP contribution in [0.4, 0.5) is 5.82 Å². The van der Waals surface area contributed by atoms with Gasteiger partial charge in [0.25, 0.3) is 0 Å². The van der Waals surface area contributed by atoms with Crippen LogP contribution in [0, 0.1) is 6.92 Å². The lowest BCUT2D eigenvalue weighted by Gasteiger charge is -2.12. The van der Waals surface area contributed by atoms with Crippen LogP contribution >= 0.6 is 11.6 Å². The molecule has 1 heterocycles. The zero-order chi connectivity index (χ0) is 9.47. The minimum absolute atomic E-state index is 0.240.